The van der Waals surface area contributed by atoms with Gasteiger partial charge in [0.1, 0.15) is 17.0 Å². The van der Waals surface area contributed by atoms with E-state index in [2.05, 4.69) is 45.0 Å². The summed E-state index contributed by atoms with van der Waals surface area (Å²) in [6.45, 7) is 4.35. The first kappa shape index (κ1) is 11.1. The molecule has 3 aromatic heterocycles. The van der Waals surface area contributed by atoms with E-state index in [4.69, 9.17) is 0 Å². The van der Waals surface area contributed by atoms with E-state index < -0.39 is 0 Å². The molecule has 3 heterocycles. The van der Waals surface area contributed by atoms with Crippen LogP contribution in [0.25, 0.3) is 15.9 Å². The number of fused-ring (bicyclic) bond motifs is 3. The van der Waals surface area contributed by atoms with Gasteiger partial charge in [0, 0.05) is 16.3 Å². The average Bonchev–Trinajstić information content (AvgIpc) is 2.83. The van der Waals surface area contributed by atoms with E-state index in [1.807, 2.05) is 16.1 Å². The number of thiophene rings is 1. The molecule has 0 aliphatic heterocycles. The molecule has 4 nitrogen and oxygen atoms in total. The van der Waals surface area contributed by atoms with Crippen LogP contribution >= 0.6 is 27.3 Å². The Labute approximate surface area is 111 Å². The van der Waals surface area contributed by atoms with Gasteiger partial charge in [-0.2, -0.15) is 0 Å². The molecule has 3 rings (SSSR count). The van der Waals surface area contributed by atoms with Crippen molar-refractivity contribution in [2.24, 2.45) is 5.92 Å². The van der Waals surface area contributed by atoms with Gasteiger partial charge in [0.15, 0.2) is 5.65 Å². The van der Waals surface area contributed by atoms with E-state index in [9.17, 15) is 0 Å². The maximum Gasteiger partial charge on any atom is 0.173 e. The van der Waals surface area contributed by atoms with Crippen LogP contribution in [0.3, 0.4) is 0 Å². The molecule has 17 heavy (non-hydrogen) atoms. The van der Waals surface area contributed by atoms with Crippen molar-refractivity contribution in [3.8, 4) is 0 Å². The van der Waals surface area contributed by atoms with Gasteiger partial charge in [0.2, 0.25) is 0 Å². The van der Waals surface area contributed by atoms with Crippen LogP contribution in [0.5, 0.6) is 0 Å². The van der Waals surface area contributed by atoms with Crippen LogP contribution in [0.4, 0.5) is 0 Å². The molecule has 0 N–H and O–H groups in total. The summed E-state index contributed by atoms with van der Waals surface area (Å²) in [7, 11) is 0. The zero-order valence-electron chi connectivity index (χ0n) is 9.51. The van der Waals surface area contributed by atoms with Gasteiger partial charge in [-0.1, -0.05) is 13.8 Å². The van der Waals surface area contributed by atoms with E-state index in [1.165, 1.54) is 0 Å². The van der Waals surface area contributed by atoms with Gasteiger partial charge in [0.05, 0.1) is 5.39 Å². The molecule has 6 heteroatoms. The minimum absolute atomic E-state index is 0.559. The Morgan fingerprint density at radius 3 is 3.00 bits per heavy atom. The highest BCUT2D eigenvalue weighted by Crippen LogP contribution is 2.31. The second-order valence-corrected chi connectivity index (χ2v) is 6.13. The van der Waals surface area contributed by atoms with Gasteiger partial charge < -0.3 is 0 Å². The fourth-order valence-corrected chi connectivity index (χ4v) is 3.39. The van der Waals surface area contributed by atoms with Crippen molar-refractivity contribution in [1.82, 2.24) is 19.6 Å². The summed E-state index contributed by atoms with van der Waals surface area (Å²) >= 11 is 5.15. The molecule has 0 aromatic carbocycles. The van der Waals surface area contributed by atoms with Crippen LogP contribution in [-0.4, -0.2) is 19.6 Å². The van der Waals surface area contributed by atoms with Crippen LogP contribution in [0, 0.1) is 5.92 Å². The Kier molecular flexibility index (Phi) is 2.63. The summed E-state index contributed by atoms with van der Waals surface area (Å²) in [4.78, 5) is 5.44. The summed E-state index contributed by atoms with van der Waals surface area (Å²) in [6.07, 6.45) is 2.73. The number of hydrogen-bond donors (Lipinski definition) is 0. The van der Waals surface area contributed by atoms with Gasteiger partial charge in [-0.3, -0.25) is 4.40 Å². The first-order valence-electron chi connectivity index (χ1n) is 5.42. The maximum absolute atomic E-state index is 4.44. The highest BCUT2D eigenvalue weighted by molar-refractivity contribution is 9.10. The van der Waals surface area contributed by atoms with Crippen molar-refractivity contribution in [1.29, 1.82) is 0 Å². The standard InChI is InChI=1S/C11H11BrN4S/c1-6(2)3-8-14-15-10-9-7(12)4-17-11(9)13-5-16(8)10/h4-6H,3H2,1-2H3. The van der Waals surface area contributed by atoms with E-state index in [1.54, 1.807) is 11.3 Å². The van der Waals surface area contributed by atoms with Crippen molar-refractivity contribution in [2.45, 2.75) is 20.3 Å². The third-order valence-corrected chi connectivity index (χ3v) is 4.41. The van der Waals surface area contributed by atoms with Gasteiger partial charge in [-0.05, 0) is 21.8 Å². The molecule has 0 atom stereocenters. The SMILES string of the molecule is CC(C)Cc1nnc2c3c(Br)csc3ncn12. The molecular weight excluding hydrogens is 300 g/mol. The molecule has 0 aliphatic rings. The summed E-state index contributed by atoms with van der Waals surface area (Å²) in [5.74, 6) is 1.53. The molecule has 88 valence electrons. The predicted octanol–water partition coefficient (Wildman–Crippen LogP) is 3.30. The summed E-state index contributed by atoms with van der Waals surface area (Å²) in [5, 5.41) is 11.6. The normalized spacial score (nSPS) is 12.0. The lowest BCUT2D eigenvalue weighted by Crippen LogP contribution is -2.00. The lowest BCUT2D eigenvalue weighted by atomic mass is 10.1. The summed E-state index contributed by atoms with van der Waals surface area (Å²) in [5.41, 5.74) is 0.888. The van der Waals surface area contributed by atoms with Crippen LogP contribution in [0.15, 0.2) is 16.2 Å². The Balaban J connectivity index is 2.30. The van der Waals surface area contributed by atoms with E-state index in [0.29, 0.717) is 5.92 Å². The number of halogens is 1. The quantitative estimate of drug-likeness (QED) is 0.729. The molecule has 0 bridgehead atoms. The second kappa shape index (κ2) is 4.03. The van der Waals surface area contributed by atoms with E-state index >= 15 is 0 Å². The first-order chi connectivity index (χ1) is 8.16. The first-order valence-corrected chi connectivity index (χ1v) is 7.09. The van der Waals surface area contributed by atoms with Crippen LogP contribution in [-0.2, 0) is 6.42 Å². The lowest BCUT2D eigenvalue weighted by molar-refractivity contribution is 0.615. The van der Waals surface area contributed by atoms with Crippen molar-refractivity contribution >= 4 is 43.1 Å². The van der Waals surface area contributed by atoms with Gasteiger partial charge in [-0.25, -0.2) is 4.98 Å². The van der Waals surface area contributed by atoms with E-state index in [0.717, 1.165) is 32.6 Å². The molecular formula is C11H11BrN4S. The molecule has 0 amide bonds. The Morgan fingerprint density at radius 1 is 1.41 bits per heavy atom. The van der Waals surface area contributed by atoms with E-state index in [-0.39, 0.29) is 0 Å². The lowest BCUT2D eigenvalue weighted by Gasteiger charge is -2.02. The number of aromatic nitrogens is 4. The molecule has 0 fully saturated rings. The van der Waals surface area contributed by atoms with Crippen molar-refractivity contribution < 1.29 is 0 Å². The van der Waals surface area contributed by atoms with Crippen LogP contribution in [0.1, 0.15) is 19.7 Å². The number of rotatable bonds is 2. The fourth-order valence-electron chi connectivity index (χ4n) is 1.85. The second-order valence-electron chi connectivity index (χ2n) is 4.42. The summed E-state index contributed by atoms with van der Waals surface area (Å²) < 4.78 is 3.03. The van der Waals surface area contributed by atoms with Crippen molar-refractivity contribution in [3.63, 3.8) is 0 Å². The van der Waals surface area contributed by atoms with Crippen molar-refractivity contribution in [3.05, 3.63) is 22.0 Å². The largest absolute Gasteiger partial charge is 0.269 e. The zero-order chi connectivity index (χ0) is 12.0. The number of hydrogen-bond acceptors (Lipinski definition) is 4. The Hall–Kier alpha value is -1.01. The molecule has 3 aromatic rings. The summed E-state index contributed by atoms with van der Waals surface area (Å²) in [6, 6.07) is 0. The molecule has 0 radical (unpaired) electrons. The smallest absolute Gasteiger partial charge is 0.173 e. The molecule has 0 saturated carbocycles. The molecule has 0 aliphatic carbocycles. The van der Waals surface area contributed by atoms with Gasteiger partial charge in [0.25, 0.3) is 0 Å². The monoisotopic (exact) mass is 310 g/mol. The number of nitrogens with zero attached hydrogens (tertiary/aromatic N) is 4. The highest BCUT2D eigenvalue weighted by Gasteiger charge is 2.13. The minimum atomic E-state index is 0.559. The third kappa shape index (κ3) is 1.75. The van der Waals surface area contributed by atoms with Crippen LogP contribution < -0.4 is 0 Å². The average molecular weight is 311 g/mol. The molecule has 0 saturated heterocycles. The fraction of sp³-hybridized carbons (Fsp3) is 0.364. The molecule has 0 unspecified atom stereocenters. The Morgan fingerprint density at radius 2 is 2.24 bits per heavy atom. The van der Waals surface area contributed by atoms with Gasteiger partial charge >= 0.3 is 0 Å². The topological polar surface area (TPSA) is 43.1 Å². The zero-order valence-corrected chi connectivity index (χ0v) is 11.9. The third-order valence-electron chi connectivity index (χ3n) is 2.60. The van der Waals surface area contributed by atoms with Gasteiger partial charge in [-0.15, -0.1) is 21.5 Å². The maximum atomic E-state index is 4.44. The molecule has 0 spiro atoms. The van der Waals surface area contributed by atoms with Crippen molar-refractivity contribution in [2.75, 3.05) is 0 Å². The highest BCUT2D eigenvalue weighted by atomic mass is 79.9. The van der Waals surface area contributed by atoms with Crippen LogP contribution in [0.2, 0.25) is 0 Å². The minimum Gasteiger partial charge on any atom is -0.269 e. The predicted molar refractivity (Wildman–Crippen MR) is 72.4 cm³/mol. The Bertz CT molecular complexity index is 685.